The molecule has 0 amide bonds. The number of carboxylic acids is 5. The van der Waals surface area contributed by atoms with Crippen LogP contribution in [0.2, 0.25) is 0 Å². The molecule has 0 aliphatic carbocycles. The van der Waals surface area contributed by atoms with Gasteiger partial charge in [0.1, 0.15) is 5.60 Å². The maximum Gasteiger partial charge on any atom is 0.386 e. The molecule has 8 atom stereocenters. The number of esters is 1. The standard InChI is InChI=1S/C20H32O2.C14H10O4.3C13H28.5C7H6O2.C6H6.CO2/c1-15(2)12-17(5)14-20(6,13-16(3)4)22-19(21)18-10-8-7-9-11-18;15-13(11-7-3-1-4-8-11)17-18-14(16)12-9-5-2-6-10-12;3*1-10(2)7-12(5)9-13(6)8-11(3)4;5*8-7(9)6-4-2-1-3-5-6;1-2-4-6-5-3-1;2-1-3/h7-11,15-17H,12-14H2,1-6H3;1-10H;3*10-13H,7-9H2,1-6H3;5*1-5H,(H,8,9);1-6H;. The highest BCUT2D eigenvalue weighted by Crippen LogP contribution is 2.33. The second-order valence-corrected chi connectivity index (χ2v) is 37.9. The van der Waals surface area contributed by atoms with Crippen LogP contribution in [0, 0.1) is 88.8 Å². The van der Waals surface area contributed by atoms with Gasteiger partial charge in [-0.2, -0.15) is 9.59 Å². The highest BCUT2D eigenvalue weighted by atomic mass is 17.2. The molecule has 133 heavy (non-hydrogen) atoms. The topological polar surface area (TPSA) is 300 Å². The largest absolute Gasteiger partial charge is 0.478 e. The monoisotopic (exact) mass is 1830 g/mol. The Morgan fingerprint density at radius 1 is 0.218 bits per heavy atom. The molecule has 0 bridgehead atoms. The lowest BCUT2D eigenvalue weighted by Gasteiger charge is -2.34. The summed E-state index contributed by atoms with van der Waals surface area (Å²) in [5.41, 5.74) is 2.53. The summed E-state index contributed by atoms with van der Waals surface area (Å²) in [5.74, 6) is 6.34. The molecule has 9 aromatic carbocycles. The smallest absolute Gasteiger partial charge is 0.386 e. The minimum Gasteiger partial charge on any atom is -0.478 e. The van der Waals surface area contributed by atoms with Crippen LogP contribution in [0.3, 0.4) is 0 Å². The van der Waals surface area contributed by atoms with Gasteiger partial charge in [0.25, 0.3) is 0 Å². The quantitative estimate of drug-likeness (QED) is 0.0145. The van der Waals surface area contributed by atoms with E-state index in [4.69, 9.17) is 39.9 Å². The summed E-state index contributed by atoms with van der Waals surface area (Å²) < 4.78 is 5.95. The van der Waals surface area contributed by atoms with E-state index in [-0.39, 0.29) is 12.1 Å². The first-order valence-corrected chi connectivity index (χ1v) is 46.9. The number of carbonyl (C=O) groups is 8. The lowest BCUT2D eigenvalue weighted by atomic mass is 9.83. The van der Waals surface area contributed by atoms with Crippen LogP contribution in [0.25, 0.3) is 0 Å². The Morgan fingerprint density at radius 3 is 0.504 bits per heavy atom. The lowest BCUT2D eigenvalue weighted by molar-refractivity contribution is -0.191. The summed E-state index contributed by atoms with van der Waals surface area (Å²) in [6.45, 7) is 55.5. The Bertz CT molecular complexity index is 3950. The zero-order valence-electron chi connectivity index (χ0n) is 84.2. The van der Waals surface area contributed by atoms with E-state index >= 15 is 0 Å². The number of hydrogen-bond acceptors (Lipinski definition) is 13. The highest BCUT2D eigenvalue weighted by molar-refractivity contribution is 5.93. The minimum absolute atomic E-state index is 0.208. The van der Waals surface area contributed by atoms with Crippen LogP contribution in [-0.4, -0.2) is 85.0 Å². The molecule has 0 aliphatic rings. The molecule has 0 aromatic heterocycles. The molecule has 0 spiro atoms. The first kappa shape index (κ1) is 125. The van der Waals surface area contributed by atoms with Crippen molar-refractivity contribution in [2.45, 2.75) is 249 Å². The molecule has 8 unspecified atom stereocenters. The Morgan fingerprint density at radius 2 is 0.361 bits per heavy atom. The van der Waals surface area contributed by atoms with Gasteiger partial charge in [0.2, 0.25) is 0 Å². The van der Waals surface area contributed by atoms with Crippen LogP contribution in [0.1, 0.15) is 326 Å². The van der Waals surface area contributed by atoms with E-state index in [1.165, 1.54) is 57.8 Å². The van der Waals surface area contributed by atoms with E-state index < -0.39 is 47.4 Å². The predicted octanol–water partition coefficient (Wildman–Crippen LogP) is 30.6. The van der Waals surface area contributed by atoms with Crippen LogP contribution in [0.5, 0.6) is 0 Å². The lowest BCUT2D eigenvalue weighted by Crippen LogP contribution is -2.35. The predicted molar refractivity (Wildman–Crippen MR) is 541 cm³/mol. The van der Waals surface area contributed by atoms with Crippen molar-refractivity contribution in [3.63, 3.8) is 0 Å². The van der Waals surface area contributed by atoms with E-state index in [9.17, 15) is 38.4 Å². The first-order valence-electron chi connectivity index (χ1n) is 46.9. The normalized spacial score (nSPS) is 12.2. The van der Waals surface area contributed by atoms with Gasteiger partial charge in [0.05, 0.1) is 44.5 Å². The zero-order chi connectivity index (χ0) is 101. The van der Waals surface area contributed by atoms with Crippen molar-refractivity contribution in [1.29, 1.82) is 0 Å². The Hall–Kier alpha value is -11.9. The molecule has 0 saturated carbocycles. The van der Waals surface area contributed by atoms with Crippen LogP contribution in [0.4, 0.5) is 0 Å². The van der Waals surface area contributed by atoms with Gasteiger partial charge in [0, 0.05) is 0 Å². The summed E-state index contributed by atoms with van der Waals surface area (Å²) in [6.07, 6.45) is 15.8. The van der Waals surface area contributed by atoms with Crippen molar-refractivity contribution in [1.82, 2.24) is 0 Å². The molecule has 0 saturated heterocycles. The van der Waals surface area contributed by atoms with Crippen LogP contribution in [0.15, 0.2) is 279 Å². The van der Waals surface area contributed by atoms with Crippen molar-refractivity contribution in [2.75, 3.05) is 0 Å². The van der Waals surface area contributed by atoms with Gasteiger partial charge in [-0.15, -0.1) is 0 Å². The molecule has 0 heterocycles. The molecular formula is C115H162O18. The summed E-state index contributed by atoms with van der Waals surface area (Å²) in [6, 6.07) is 79.3. The van der Waals surface area contributed by atoms with Crippen molar-refractivity contribution in [2.24, 2.45) is 88.8 Å². The third kappa shape index (κ3) is 74.4. The zero-order valence-corrected chi connectivity index (χ0v) is 84.2. The molecule has 0 radical (unpaired) electrons. The first-order chi connectivity index (χ1) is 62.7. The number of carbonyl (C=O) groups excluding carboxylic acids is 5. The maximum absolute atomic E-state index is 12.4. The fourth-order valence-electron chi connectivity index (χ4n) is 15.6. The average molecular weight is 1830 g/mol. The molecule has 730 valence electrons. The SMILES string of the molecule is CC(C)CC(C)CC(C)(CC(C)C)OC(=O)c1ccccc1.CC(C)CC(C)CC(C)CC(C)C.CC(C)CC(C)CC(C)CC(C)C.CC(C)CC(C)CC(C)CC(C)C.O=C(O)c1ccccc1.O=C(O)c1ccccc1.O=C(O)c1ccccc1.O=C(O)c1ccccc1.O=C(O)c1ccccc1.O=C(OOC(=O)c1ccccc1)c1ccccc1.O=C=O.c1ccccc1. The van der Waals surface area contributed by atoms with Crippen LogP contribution >= 0.6 is 0 Å². The highest BCUT2D eigenvalue weighted by Gasteiger charge is 2.33. The fourth-order valence-corrected chi connectivity index (χ4v) is 15.6. The number of carboxylic acid groups (broad SMARTS) is 5. The summed E-state index contributed by atoms with van der Waals surface area (Å²) in [7, 11) is 0. The number of benzene rings is 9. The number of rotatable bonds is 33. The van der Waals surface area contributed by atoms with E-state index in [0.29, 0.717) is 62.3 Å². The summed E-state index contributed by atoms with van der Waals surface area (Å²) in [4.78, 5) is 112. The summed E-state index contributed by atoms with van der Waals surface area (Å²) in [5, 5.41) is 41.9. The van der Waals surface area contributed by atoms with Crippen LogP contribution in [-0.2, 0) is 24.1 Å². The van der Waals surface area contributed by atoms with E-state index in [0.717, 1.165) is 90.3 Å². The van der Waals surface area contributed by atoms with Gasteiger partial charge >= 0.3 is 53.9 Å². The molecular weight excluding hydrogens is 1670 g/mol. The molecule has 9 aromatic rings. The van der Waals surface area contributed by atoms with E-state index in [1.54, 1.807) is 212 Å². The fraction of sp³-hybridized carbons (Fsp3) is 0.452. The average Bonchev–Trinajstić information content (AvgIpc) is 0.840. The van der Waals surface area contributed by atoms with Gasteiger partial charge in [-0.05, 0) is 270 Å². The molecule has 18 heteroatoms. The number of hydrogen-bond donors (Lipinski definition) is 5. The third-order valence-corrected chi connectivity index (χ3v) is 19.5. The third-order valence-electron chi connectivity index (χ3n) is 19.5. The van der Waals surface area contributed by atoms with Crippen molar-refractivity contribution in [3.05, 3.63) is 324 Å². The van der Waals surface area contributed by atoms with Crippen molar-refractivity contribution < 1.29 is 88.0 Å². The Balaban J connectivity index is -0.00000142. The van der Waals surface area contributed by atoms with E-state index in [2.05, 4.69) is 176 Å². The molecule has 5 N–H and O–H groups in total. The molecule has 0 aliphatic heterocycles. The summed E-state index contributed by atoms with van der Waals surface area (Å²) >= 11 is 0. The van der Waals surface area contributed by atoms with Crippen molar-refractivity contribution in [3.8, 4) is 0 Å². The number of aromatic carboxylic acids is 5. The maximum atomic E-state index is 12.4. The Kier molecular flexibility index (Phi) is 72.2. The number of ether oxygens (including phenoxy) is 1. The second-order valence-electron chi connectivity index (χ2n) is 37.9. The van der Waals surface area contributed by atoms with E-state index in [1.807, 2.05) is 66.7 Å². The van der Waals surface area contributed by atoms with Gasteiger partial charge in [-0.1, -0.05) is 341 Å². The van der Waals surface area contributed by atoms with Gasteiger partial charge in [0.15, 0.2) is 0 Å². The van der Waals surface area contributed by atoms with Crippen molar-refractivity contribution >= 4 is 53.9 Å². The second kappa shape index (κ2) is 76.7. The minimum atomic E-state index is -0.879. The molecule has 9 rings (SSSR count). The molecule has 0 fully saturated rings. The van der Waals surface area contributed by atoms with Crippen LogP contribution < -0.4 is 0 Å². The van der Waals surface area contributed by atoms with Gasteiger partial charge in [-0.25, -0.2) is 48.1 Å². The molecule has 18 nitrogen and oxygen atoms in total. The Labute approximate surface area is 798 Å². The van der Waals surface area contributed by atoms with Gasteiger partial charge < -0.3 is 30.3 Å². The van der Waals surface area contributed by atoms with Gasteiger partial charge in [-0.3, -0.25) is 0 Å².